The van der Waals surface area contributed by atoms with Crippen LogP contribution in [0.1, 0.15) is 27.9 Å². The molecule has 7 heteroatoms. The zero-order chi connectivity index (χ0) is 21.8. The third-order valence-corrected chi connectivity index (χ3v) is 4.67. The van der Waals surface area contributed by atoms with Crippen LogP contribution in [0.2, 0.25) is 0 Å². The lowest BCUT2D eigenvalue weighted by molar-refractivity contribution is -0.130. The van der Waals surface area contributed by atoms with Crippen LogP contribution < -0.4 is 16.0 Å². The molecule has 2 rings (SSSR count). The number of rotatable bonds is 9. The molecule has 3 N–H and O–H groups in total. The lowest BCUT2D eigenvalue weighted by atomic mass is 10.1. The van der Waals surface area contributed by atoms with Crippen LogP contribution in [-0.4, -0.2) is 56.9 Å². The molecule has 0 aliphatic rings. The standard InChI is InChI=1S/C23H31N5O2/c1-24-22(30)20-11-7-10-18(16-20)12-14-26-23(25-2)27-15-13-21(29)28(3)17-19-8-5-4-6-9-19/h4-11,16H,12-15,17H2,1-3H3,(H,24,30)(H2,25,26,27). The average molecular weight is 410 g/mol. The average Bonchev–Trinajstić information content (AvgIpc) is 2.78. The molecule has 7 nitrogen and oxygen atoms in total. The van der Waals surface area contributed by atoms with Crippen molar-refractivity contribution in [2.75, 3.05) is 34.2 Å². The van der Waals surface area contributed by atoms with E-state index in [1.54, 1.807) is 25.1 Å². The van der Waals surface area contributed by atoms with Gasteiger partial charge in [0.05, 0.1) is 0 Å². The van der Waals surface area contributed by atoms with Gasteiger partial charge in [-0.1, -0.05) is 42.5 Å². The number of aliphatic imine (C=N–C) groups is 1. The van der Waals surface area contributed by atoms with Gasteiger partial charge in [0.1, 0.15) is 0 Å². The van der Waals surface area contributed by atoms with E-state index in [1.165, 1.54) is 0 Å². The third-order valence-electron chi connectivity index (χ3n) is 4.67. The maximum absolute atomic E-state index is 12.3. The summed E-state index contributed by atoms with van der Waals surface area (Å²) < 4.78 is 0. The monoisotopic (exact) mass is 409 g/mol. The summed E-state index contributed by atoms with van der Waals surface area (Å²) in [5.41, 5.74) is 2.83. The van der Waals surface area contributed by atoms with E-state index >= 15 is 0 Å². The van der Waals surface area contributed by atoms with Crippen LogP contribution in [0.5, 0.6) is 0 Å². The van der Waals surface area contributed by atoms with Gasteiger partial charge in [-0.05, 0) is 29.7 Å². The molecule has 0 heterocycles. The van der Waals surface area contributed by atoms with Crippen LogP contribution in [-0.2, 0) is 17.8 Å². The van der Waals surface area contributed by atoms with Crippen LogP contribution in [0.4, 0.5) is 0 Å². The summed E-state index contributed by atoms with van der Waals surface area (Å²) >= 11 is 0. The number of amides is 2. The molecule has 0 saturated carbocycles. The summed E-state index contributed by atoms with van der Waals surface area (Å²) in [5.74, 6) is 0.632. The minimum atomic E-state index is -0.0933. The number of nitrogens with zero attached hydrogens (tertiary/aromatic N) is 2. The molecule has 0 spiro atoms. The predicted octanol–water partition coefficient (Wildman–Crippen LogP) is 1.80. The maximum atomic E-state index is 12.3. The van der Waals surface area contributed by atoms with Crippen molar-refractivity contribution in [1.82, 2.24) is 20.9 Å². The molecule has 0 aliphatic carbocycles. The molecule has 30 heavy (non-hydrogen) atoms. The molecule has 0 unspecified atom stereocenters. The highest BCUT2D eigenvalue weighted by Gasteiger charge is 2.09. The molecule has 160 valence electrons. The van der Waals surface area contributed by atoms with Crippen molar-refractivity contribution < 1.29 is 9.59 Å². The third kappa shape index (κ3) is 7.58. The molecule has 2 amide bonds. The SMILES string of the molecule is CN=C(NCCC(=O)N(C)Cc1ccccc1)NCCc1cccc(C(=O)NC)c1. The Balaban J connectivity index is 1.71. The van der Waals surface area contributed by atoms with Gasteiger partial charge < -0.3 is 20.9 Å². The number of benzene rings is 2. The van der Waals surface area contributed by atoms with Crippen molar-refractivity contribution in [2.24, 2.45) is 4.99 Å². The van der Waals surface area contributed by atoms with Crippen molar-refractivity contribution in [3.63, 3.8) is 0 Å². The second-order valence-electron chi connectivity index (χ2n) is 6.94. The zero-order valence-electron chi connectivity index (χ0n) is 17.9. The number of nitrogens with one attached hydrogen (secondary N) is 3. The summed E-state index contributed by atoms with van der Waals surface area (Å²) in [6.45, 7) is 1.77. The van der Waals surface area contributed by atoms with Crippen molar-refractivity contribution >= 4 is 17.8 Å². The number of guanidine groups is 1. The molecular weight excluding hydrogens is 378 g/mol. The van der Waals surface area contributed by atoms with E-state index in [-0.39, 0.29) is 11.8 Å². The first kappa shape index (κ1) is 22.9. The van der Waals surface area contributed by atoms with Gasteiger partial charge in [0, 0.05) is 52.8 Å². The van der Waals surface area contributed by atoms with Gasteiger partial charge in [0.15, 0.2) is 5.96 Å². The van der Waals surface area contributed by atoms with Gasteiger partial charge in [-0.2, -0.15) is 0 Å². The van der Waals surface area contributed by atoms with Gasteiger partial charge in [-0.25, -0.2) is 0 Å². The molecule has 0 aromatic heterocycles. The maximum Gasteiger partial charge on any atom is 0.251 e. The van der Waals surface area contributed by atoms with Crippen LogP contribution in [0, 0.1) is 0 Å². The van der Waals surface area contributed by atoms with Crippen LogP contribution in [0.3, 0.4) is 0 Å². The molecular formula is C23H31N5O2. The number of hydrogen-bond donors (Lipinski definition) is 3. The molecule has 0 bridgehead atoms. The Bertz CT molecular complexity index is 852. The zero-order valence-corrected chi connectivity index (χ0v) is 17.9. The highest BCUT2D eigenvalue weighted by molar-refractivity contribution is 5.94. The molecule has 0 aliphatic heterocycles. The molecule has 2 aromatic carbocycles. The van der Waals surface area contributed by atoms with Crippen LogP contribution in [0.25, 0.3) is 0 Å². The van der Waals surface area contributed by atoms with Gasteiger partial charge >= 0.3 is 0 Å². The van der Waals surface area contributed by atoms with E-state index in [9.17, 15) is 9.59 Å². The lowest BCUT2D eigenvalue weighted by Crippen LogP contribution is -2.40. The second kappa shape index (κ2) is 12.3. The first-order valence-electron chi connectivity index (χ1n) is 10.1. The van der Waals surface area contributed by atoms with E-state index in [1.807, 2.05) is 55.6 Å². The largest absolute Gasteiger partial charge is 0.356 e. The Morgan fingerprint density at radius 3 is 2.37 bits per heavy atom. The number of carbonyl (C=O) groups excluding carboxylic acids is 2. The minimum absolute atomic E-state index is 0.0767. The van der Waals surface area contributed by atoms with E-state index < -0.39 is 0 Å². The number of hydrogen-bond acceptors (Lipinski definition) is 3. The fourth-order valence-electron chi connectivity index (χ4n) is 2.98. The number of carbonyl (C=O) groups is 2. The van der Waals surface area contributed by atoms with Gasteiger partial charge in [-0.15, -0.1) is 0 Å². The van der Waals surface area contributed by atoms with Crippen LogP contribution in [0.15, 0.2) is 59.6 Å². The summed E-state index contributed by atoms with van der Waals surface area (Å²) in [5, 5.41) is 9.04. The Labute approximate surface area is 178 Å². The summed E-state index contributed by atoms with van der Waals surface area (Å²) in [6.07, 6.45) is 1.14. The van der Waals surface area contributed by atoms with E-state index in [0.717, 1.165) is 17.5 Å². The van der Waals surface area contributed by atoms with Crippen LogP contribution >= 0.6 is 0 Å². The fourth-order valence-corrected chi connectivity index (χ4v) is 2.98. The Kier molecular flexibility index (Phi) is 9.37. The minimum Gasteiger partial charge on any atom is -0.356 e. The molecule has 0 saturated heterocycles. The highest BCUT2D eigenvalue weighted by atomic mass is 16.2. The summed E-state index contributed by atoms with van der Waals surface area (Å²) in [7, 11) is 5.14. The van der Waals surface area contributed by atoms with Gasteiger partial charge in [-0.3, -0.25) is 14.6 Å². The Hall–Kier alpha value is -3.35. The first-order chi connectivity index (χ1) is 14.5. The molecule has 0 radical (unpaired) electrons. The van der Waals surface area contributed by atoms with Gasteiger partial charge in [0.25, 0.3) is 5.91 Å². The molecule has 0 atom stereocenters. The topological polar surface area (TPSA) is 85.8 Å². The second-order valence-corrected chi connectivity index (χ2v) is 6.94. The highest BCUT2D eigenvalue weighted by Crippen LogP contribution is 2.06. The normalized spacial score (nSPS) is 11.0. The van der Waals surface area contributed by atoms with E-state index in [0.29, 0.717) is 37.6 Å². The summed E-state index contributed by atoms with van der Waals surface area (Å²) in [6, 6.07) is 17.5. The van der Waals surface area contributed by atoms with Crippen molar-refractivity contribution in [1.29, 1.82) is 0 Å². The quantitative estimate of drug-likeness (QED) is 0.436. The van der Waals surface area contributed by atoms with Crippen molar-refractivity contribution in [2.45, 2.75) is 19.4 Å². The molecule has 2 aromatic rings. The summed E-state index contributed by atoms with van der Waals surface area (Å²) in [4.78, 5) is 30.0. The smallest absolute Gasteiger partial charge is 0.251 e. The fraction of sp³-hybridized carbons (Fsp3) is 0.348. The molecule has 0 fully saturated rings. The predicted molar refractivity (Wildman–Crippen MR) is 120 cm³/mol. The Morgan fingerprint density at radius 1 is 0.967 bits per heavy atom. The first-order valence-corrected chi connectivity index (χ1v) is 10.1. The van der Waals surface area contributed by atoms with E-state index in [4.69, 9.17) is 0 Å². The van der Waals surface area contributed by atoms with E-state index in [2.05, 4.69) is 20.9 Å². The van der Waals surface area contributed by atoms with Gasteiger partial charge in [0.2, 0.25) is 5.91 Å². The van der Waals surface area contributed by atoms with Crippen molar-refractivity contribution in [3.05, 3.63) is 71.3 Å². The van der Waals surface area contributed by atoms with Crippen molar-refractivity contribution in [3.8, 4) is 0 Å². The lowest BCUT2D eigenvalue weighted by Gasteiger charge is -2.18. The Morgan fingerprint density at radius 2 is 1.67 bits per heavy atom.